The summed E-state index contributed by atoms with van der Waals surface area (Å²) in [5.74, 6) is 0.629. The number of benzene rings is 2. The van der Waals surface area contributed by atoms with Crippen molar-refractivity contribution in [2.75, 3.05) is 0 Å². The third-order valence-corrected chi connectivity index (χ3v) is 4.98. The van der Waals surface area contributed by atoms with E-state index < -0.39 is 0 Å². The van der Waals surface area contributed by atoms with Gasteiger partial charge in [-0.15, -0.1) is 0 Å². The molecule has 0 radical (unpaired) electrons. The summed E-state index contributed by atoms with van der Waals surface area (Å²) in [4.78, 5) is 4.53. The van der Waals surface area contributed by atoms with Crippen LogP contribution in [0.2, 0.25) is 10.0 Å². The smallest absolute Gasteiger partial charge is 0.139 e. The maximum absolute atomic E-state index is 6.43. The van der Waals surface area contributed by atoms with Gasteiger partial charge in [-0.1, -0.05) is 47.5 Å². The minimum atomic E-state index is 0.371. The van der Waals surface area contributed by atoms with Gasteiger partial charge < -0.3 is 9.30 Å². The zero-order valence-corrected chi connectivity index (χ0v) is 15.6. The first-order chi connectivity index (χ1) is 12.6. The van der Waals surface area contributed by atoms with Crippen LogP contribution in [0, 0.1) is 0 Å². The van der Waals surface area contributed by atoms with Crippen LogP contribution in [0.5, 0.6) is 5.75 Å². The summed E-state index contributed by atoms with van der Waals surface area (Å²) in [6.07, 6.45) is 3.86. The van der Waals surface area contributed by atoms with E-state index in [-0.39, 0.29) is 0 Å². The van der Waals surface area contributed by atoms with E-state index in [0.717, 1.165) is 27.7 Å². The molecule has 0 amide bonds. The van der Waals surface area contributed by atoms with E-state index in [1.807, 2.05) is 66.5 Å². The largest absolute Gasteiger partial charge is 0.487 e. The lowest BCUT2D eigenvalue weighted by Gasteiger charge is -2.11. The van der Waals surface area contributed by atoms with Gasteiger partial charge in [0.1, 0.15) is 18.0 Å². The number of hydrogen-bond acceptors (Lipinski definition) is 2. The van der Waals surface area contributed by atoms with Gasteiger partial charge >= 0.3 is 0 Å². The second kappa shape index (κ2) is 7.02. The number of rotatable bonds is 4. The molecule has 0 bridgehead atoms. The highest BCUT2D eigenvalue weighted by atomic mass is 35.5. The summed E-state index contributed by atoms with van der Waals surface area (Å²) in [5, 5.41) is 2.34. The fraction of sp³-hybridized carbons (Fsp3) is 0.0952. The van der Waals surface area contributed by atoms with Crippen molar-refractivity contribution >= 4 is 34.2 Å². The molecule has 0 fully saturated rings. The summed E-state index contributed by atoms with van der Waals surface area (Å²) in [7, 11) is 1.98. The van der Waals surface area contributed by atoms with Gasteiger partial charge in [0.15, 0.2) is 0 Å². The maximum atomic E-state index is 6.43. The molecular weight excluding hydrogens is 367 g/mol. The standard InChI is InChI=1S/C21H16Cl2N2O/c1-25-9-8-15-10-17(12-24-21(15)25)14-6-7-20(19(23)11-14)26-13-16-4-2-3-5-18(16)22/h2-12H,13H2,1H3. The van der Waals surface area contributed by atoms with Gasteiger partial charge in [-0.3, -0.25) is 0 Å². The second-order valence-corrected chi connectivity index (χ2v) is 6.90. The molecule has 26 heavy (non-hydrogen) atoms. The highest BCUT2D eigenvalue weighted by molar-refractivity contribution is 6.32. The van der Waals surface area contributed by atoms with Crippen LogP contribution in [0.15, 0.2) is 67.0 Å². The first kappa shape index (κ1) is 17.0. The molecule has 0 unspecified atom stereocenters. The topological polar surface area (TPSA) is 27.1 Å². The Labute approximate surface area is 161 Å². The zero-order chi connectivity index (χ0) is 18.1. The van der Waals surface area contributed by atoms with E-state index in [9.17, 15) is 0 Å². The van der Waals surface area contributed by atoms with Gasteiger partial charge in [0.05, 0.1) is 5.02 Å². The van der Waals surface area contributed by atoms with Crippen molar-refractivity contribution in [1.82, 2.24) is 9.55 Å². The number of ether oxygens (including phenoxy) is 1. The van der Waals surface area contributed by atoms with Gasteiger partial charge in [-0.25, -0.2) is 4.98 Å². The summed E-state index contributed by atoms with van der Waals surface area (Å²) in [6, 6.07) is 17.5. The molecule has 3 nitrogen and oxygen atoms in total. The summed E-state index contributed by atoms with van der Waals surface area (Å²) < 4.78 is 7.83. The molecule has 0 aliphatic rings. The Bertz CT molecular complexity index is 1090. The van der Waals surface area contributed by atoms with E-state index >= 15 is 0 Å². The molecule has 4 aromatic rings. The Morgan fingerprint density at radius 2 is 1.81 bits per heavy atom. The van der Waals surface area contributed by atoms with Crippen LogP contribution in [0.4, 0.5) is 0 Å². The number of nitrogens with zero attached hydrogens (tertiary/aromatic N) is 2. The molecular formula is C21H16Cl2N2O. The van der Waals surface area contributed by atoms with E-state index in [1.165, 1.54) is 0 Å². The summed E-state index contributed by atoms with van der Waals surface area (Å²) in [6.45, 7) is 0.371. The van der Waals surface area contributed by atoms with Crippen LogP contribution in [0.25, 0.3) is 22.2 Å². The minimum absolute atomic E-state index is 0.371. The lowest BCUT2D eigenvalue weighted by molar-refractivity contribution is 0.306. The number of aromatic nitrogens is 2. The number of hydrogen-bond donors (Lipinski definition) is 0. The molecule has 2 aromatic carbocycles. The van der Waals surface area contributed by atoms with E-state index in [0.29, 0.717) is 22.4 Å². The Hall–Kier alpha value is -2.49. The Morgan fingerprint density at radius 3 is 2.62 bits per heavy atom. The van der Waals surface area contributed by atoms with Crippen LogP contribution < -0.4 is 4.74 Å². The highest BCUT2D eigenvalue weighted by Gasteiger charge is 2.08. The molecule has 0 N–H and O–H groups in total. The normalized spacial score (nSPS) is 11.0. The predicted octanol–water partition coefficient (Wildman–Crippen LogP) is 6.13. The molecule has 0 spiro atoms. The lowest BCUT2D eigenvalue weighted by Crippen LogP contribution is -1.97. The monoisotopic (exact) mass is 382 g/mol. The zero-order valence-electron chi connectivity index (χ0n) is 14.1. The molecule has 4 rings (SSSR count). The highest BCUT2D eigenvalue weighted by Crippen LogP contribution is 2.32. The fourth-order valence-corrected chi connectivity index (χ4v) is 3.31. The molecule has 0 saturated carbocycles. The van der Waals surface area contributed by atoms with Crippen molar-refractivity contribution in [2.24, 2.45) is 7.05 Å². The molecule has 0 atom stereocenters. The minimum Gasteiger partial charge on any atom is -0.487 e. The van der Waals surface area contributed by atoms with Gasteiger partial charge in [-0.2, -0.15) is 0 Å². The maximum Gasteiger partial charge on any atom is 0.139 e. The van der Waals surface area contributed by atoms with Gasteiger partial charge in [0.25, 0.3) is 0 Å². The van der Waals surface area contributed by atoms with E-state index in [4.69, 9.17) is 27.9 Å². The quantitative estimate of drug-likeness (QED) is 0.424. The van der Waals surface area contributed by atoms with E-state index in [1.54, 1.807) is 0 Å². The van der Waals surface area contributed by atoms with E-state index in [2.05, 4.69) is 17.1 Å². The molecule has 0 aliphatic heterocycles. The average Bonchev–Trinajstić information content (AvgIpc) is 3.02. The van der Waals surface area contributed by atoms with Crippen LogP contribution in [0.1, 0.15) is 5.56 Å². The van der Waals surface area contributed by atoms with Crippen molar-refractivity contribution in [2.45, 2.75) is 6.61 Å². The first-order valence-corrected chi connectivity index (χ1v) is 8.94. The average molecular weight is 383 g/mol. The van der Waals surface area contributed by atoms with Gasteiger partial charge in [0.2, 0.25) is 0 Å². The van der Waals surface area contributed by atoms with Gasteiger partial charge in [0, 0.05) is 41.0 Å². The Morgan fingerprint density at radius 1 is 0.962 bits per heavy atom. The SMILES string of the molecule is Cn1ccc2cc(-c3ccc(OCc4ccccc4Cl)c(Cl)c3)cnc21. The predicted molar refractivity (Wildman–Crippen MR) is 107 cm³/mol. The number of halogens is 2. The number of aryl methyl sites for hydroxylation is 1. The first-order valence-electron chi connectivity index (χ1n) is 8.19. The Balaban J connectivity index is 1.57. The number of fused-ring (bicyclic) bond motifs is 1. The Kier molecular flexibility index (Phi) is 4.58. The van der Waals surface area contributed by atoms with Crippen LogP contribution >= 0.6 is 23.2 Å². The lowest BCUT2D eigenvalue weighted by atomic mass is 10.1. The van der Waals surface area contributed by atoms with Crippen LogP contribution in [-0.4, -0.2) is 9.55 Å². The summed E-state index contributed by atoms with van der Waals surface area (Å²) >= 11 is 12.6. The molecule has 130 valence electrons. The molecule has 0 aliphatic carbocycles. The number of pyridine rings is 1. The second-order valence-electron chi connectivity index (χ2n) is 6.09. The molecule has 2 heterocycles. The molecule has 0 saturated heterocycles. The summed E-state index contributed by atoms with van der Waals surface area (Å²) in [5.41, 5.74) is 3.90. The van der Waals surface area contributed by atoms with Gasteiger partial charge in [-0.05, 0) is 35.9 Å². The third kappa shape index (κ3) is 3.28. The molecule has 5 heteroatoms. The van der Waals surface area contributed by atoms with Crippen molar-refractivity contribution in [3.63, 3.8) is 0 Å². The fourth-order valence-electron chi connectivity index (χ4n) is 2.88. The van der Waals surface area contributed by atoms with Crippen molar-refractivity contribution in [1.29, 1.82) is 0 Å². The van der Waals surface area contributed by atoms with Crippen molar-refractivity contribution in [3.8, 4) is 16.9 Å². The third-order valence-electron chi connectivity index (χ3n) is 4.31. The van der Waals surface area contributed by atoms with Crippen LogP contribution in [-0.2, 0) is 13.7 Å². The van der Waals surface area contributed by atoms with Crippen molar-refractivity contribution in [3.05, 3.63) is 82.6 Å². The molecule has 2 aromatic heterocycles. The van der Waals surface area contributed by atoms with Crippen LogP contribution in [0.3, 0.4) is 0 Å². The van der Waals surface area contributed by atoms with Crippen molar-refractivity contribution < 1.29 is 4.74 Å².